The number of esters is 6. The molecule has 0 aliphatic heterocycles. The third-order valence-electron chi connectivity index (χ3n) is 4.37. The number of rotatable bonds is 6. The number of hydrogen-bond acceptors (Lipinski definition) is 18. The first-order valence-electron chi connectivity index (χ1n) is 20.4. The molecule has 0 aromatic carbocycles. The van der Waals surface area contributed by atoms with E-state index in [-0.39, 0.29) is 84.9 Å². The molecule has 18 nitrogen and oxygen atoms in total. The molecule has 0 unspecified atom stereocenters. The fourth-order valence-electron chi connectivity index (χ4n) is 2.98. The molecule has 21 heteroatoms. The molecule has 0 saturated carbocycles. The van der Waals surface area contributed by atoms with Crippen LogP contribution < -0.4 is 30.6 Å². The molecule has 0 N–H and O–H groups in total. The third kappa shape index (κ3) is 98.1. The van der Waals surface area contributed by atoms with Crippen LogP contribution in [0.1, 0.15) is 166 Å². The summed E-state index contributed by atoms with van der Waals surface area (Å²) in [6, 6.07) is 0. The molecular formula is C48H78Co3O18. The summed E-state index contributed by atoms with van der Waals surface area (Å²) in [5, 5.41) is 62.3. The van der Waals surface area contributed by atoms with Crippen LogP contribution >= 0.6 is 0 Å². The van der Waals surface area contributed by atoms with Crippen molar-refractivity contribution < 1.29 is 138 Å². The summed E-state index contributed by atoms with van der Waals surface area (Å²) in [6.45, 7) is 39.3. The normalized spacial score (nSPS) is 12.3. The zero-order chi connectivity index (χ0) is 54.4. The first kappa shape index (κ1) is 84.5. The molecule has 0 aromatic heterocycles. The Kier molecular flexibility index (Phi) is 48.2. The minimum Gasteiger partial charge on any atom is -0.875 e. The number of hydrogen-bond donors (Lipinski definition) is 0. The number of carbonyl (C=O) groups is 6. The van der Waals surface area contributed by atoms with Gasteiger partial charge in [-0.3, -0.25) is 0 Å². The maximum Gasteiger partial charge on any atom is 2.00 e. The Morgan fingerprint density at radius 1 is 0.246 bits per heavy atom. The van der Waals surface area contributed by atoms with E-state index in [1.807, 2.05) is 0 Å². The molecule has 0 rings (SSSR count). The zero-order valence-electron chi connectivity index (χ0n) is 44.8. The maximum absolute atomic E-state index is 10.8. The Hall–Kier alpha value is -4.42. The fraction of sp³-hybridized carbons (Fsp3) is 0.625. The second-order valence-electron chi connectivity index (χ2n) is 19.7. The third-order valence-corrected chi connectivity index (χ3v) is 4.37. The average molecular weight is 1120 g/mol. The molecule has 0 aromatic rings. The monoisotopic (exact) mass is 1120 g/mol. The molecule has 0 spiro atoms. The van der Waals surface area contributed by atoms with Crippen molar-refractivity contribution in [1.82, 2.24) is 0 Å². The first-order valence-corrected chi connectivity index (χ1v) is 20.4. The summed E-state index contributed by atoms with van der Waals surface area (Å²) in [5.74, 6) is -5.23. The van der Waals surface area contributed by atoms with E-state index in [2.05, 4.69) is 0 Å². The molecular weight excluding hydrogens is 1040 g/mol. The molecule has 0 saturated heterocycles. The van der Waals surface area contributed by atoms with Gasteiger partial charge in [-0.2, -0.15) is 0 Å². The zero-order valence-corrected chi connectivity index (χ0v) is 47.9. The Labute approximate surface area is 442 Å². The first-order chi connectivity index (χ1) is 28.9. The van der Waals surface area contributed by atoms with Gasteiger partial charge in [-0.15, -0.1) is 34.6 Å². The average Bonchev–Trinajstić information content (AvgIpc) is 2.90. The van der Waals surface area contributed by atoms with Gasteiger partial charge in [0.1, 0.15) is 33.6 Å². The van der Waals surface area contributed by atoms with Crippen molar-refractivity contribution in [2.45, 2.75) is 200 Å². The molecule has 0 amide bonds. The Morgan fingerprint density at radius 3 is 0.362 bits per heavy atom. The summed E-state index contributed by atoms with van der Waals surface area (Å²) < 4.78 is 29.0. The van der Waals surface area contributed by atoms with Gasteiger partial charge in [-0.25, -0.2) is 28.8 Å². The van der Waals surface area contributed by atoms with Crippen molar-refractivity contribution in [3.8, 4) is 0 Å². The van der Waals surface area contributed by atoms with Crippen LogP contribution in [-0.2, 0) is 108 Å². The Balaban J connectivity index is -0.0000000887. The van der Waals surface area contributed by atoms with Crippen LogP contribution in [-0.4, -0.2) is 69.4 Å². The van der Waals surface area contributed by atoms with E-state index < -0.39 is 69.4 Å². The summed E-state index contributed by atoms with van der Waals surface area (Å²) in [7, 11) is 0. The van der Waals surface area contributed by atoms with Crippen LogP contribution in [0.3, 0.4) is 0 Å². The molecule has 0 fully saturated rings. The van der Waals surface area contributed by atoms with Crippen LogP contribution in [0.5, 0.6) is 0 Å². The predicted molar refractivity (Wildman–Crippen MR) is 238 cm³/mol. The largest absolute Gasteiger partial charge is 2.00 e. The van der Waals surface area contributed by atoms with Gasteiger partial charge < -0.3 is 59.1 Å². The molecule has 0 atom stereocenters. The second-order valence-corrected chi connectivity index (χ2v) is 19.7. The summed E-state index contributed by atoms with van der Waals surface area (Å²) in [5.41, 5.74) is -3.15. The van der Waals surface area contributed by atoms with E-state index in [4.69, 9.17) is 28.4 Å². The van der Waals surface area contributed by atoms with Crippen molar-refractivity contribution in [2.75, 3.05) is 0 Å². The molecule has 0 heterocycles. The number of carbonyl (C=O) groups excluding carboxylic acids is 6. The van der Waals surface area contributed by atoms with Crippen molar-refractivity contribution in [3.63, 3.8) is 0 Å². The summed E-state index contributed by atoms with van der Waals surface area (Å²) >= 11 is 0. The van der Waals surface area contributed by atoms with Crippen LogP contribution in [0.2, 0.25) is 0 Å². The standard InChI is InChI=1S/6C8H14O3.3Co/c6*1-6(9)5-7(10)11-8(2,3)4;;;/h6*5,9H,1-4H3;;;/q;;;;;;3*+2/p-6/b6*6-5-;;;. The molecule has 0 bridgehead atoms. The molecule has 405 valence electrons. The van der Waals surface area contributed by atoms with E-state index in [0.717, 1.165) is 36.5 Å². The van der Waals surface area contributed by atoms with Gasteiger partial charge in [0.05, 0.1) is 0 Å². The second kappa shape index (κ2) is 39.3. The topological polar surface area (TPSA) is 296 Å². The van der Waals surface area contributed by atoms with E-state index in [1.165, 1.54) is 41.5 Å². The molecule has 3 radical (unpaired) electrons. The van der Waals surface area contributed by atoms with Gasteiger partial charge >= 0.3 is 86.2 Å². The van der Waals surface area contributed by atoms with Gasteiger partial charge in [0.15, 0.2) is 0 Å². The Morgan fingerprint density at radius 2 is 0.319 bits per heavy atom. The smallest absolute Gasteiger partial charge is 0.875 e. The number of allylic oxidation sites excluding steroid dienone is 6. The van der Waals surface area contributed by atoms with E-state index in [0.29, 0.717) is 0 Å². The maximum atomic E-state index is 10.8. The minimum atomic E-state index is -0.579. The van der Waals surface area contributed by atoms with Crippen molar-refractivity contribution in [2.24, 2.45) is 0 Å². The molecule has 0 aliphatic carbocycles. The van der Waals surface area contributed by atoms with Gasteiger partial charge in [0.2, 0.25) is 0 Å². The van der Waals surface area contributed by atoms with E-state index in [1.54, 1.807) is 125 Å². The van der Waals surface area contributed by atoms with Gasteiger partial charge in [-0.1, -0.05) is 41.5 Å². The van der Waals surface area contributed by atoms with E-state index >= 15 is 0 Å². The van der Waals surface area contributed by atoms with Crippen molar-refractivity contribution in [1.29, 1.82) is 0 Å². The van der Waals surface area contributed by atoms with Crippen LogP contribution in [0.4, 0.5) is 0 Å². The molecule has 69 heavy (non-hydrogen) atoms. The van der Waals surface area contributed by atoms with Crippen LogP contribution in [0.15, 0.2) is 71.0 Å². The SMILES string of the molecule is C/C([O-])=C/C(=O)OC(C)(C)C.C/C([O-])=C/C(=O)OC(C)(C)C.C/C([O-])=C/C(=O)OC(C)(C)C.C/C([O-])=C/C(=O)OC(C)(C)C.C/C([O-])=C/C(=O)OC(C)(C)C.C/C([O-])=C/C(=O)OC(C)(C)C.[Co+2].[Co+2].[Co+2]. The fourth-order valence-corrected chi connectivity index (χ4v) is 2.98. The molecule has 0 aliphatic rings. The van der Waals surface area contributed by atoms with Crippen molar-refractivity contribution in [3.05, 3.63) is 71.0 Å². The van der Waals surface area contributed by atoms with Gasteiger partial charge in [0, 0.05) is 36.5 Å². The van der Waals surface area contributed by atoms with Crippen molar-refractivity contribution >= 4 is 35.8 Å². The minimum absolute atomic E-state index is 0. The van der Waals surface area contributed by atoms with Gasteiger partial charge in [0.25, 0.3) is 0 Å². The quantitative estimate of drug-likeness (QED) is 0.159. The van der Waals surface area contributed by atoms with Crippen LogP contribution in [0.25, 0.3) is 0 Å². The van der Waals surface area contributed by atoms with Crippen LogP contribution in [0, 0.1) is 0 Å². The summed E-state index contributed by atoms with van der Waals surface area (Å²) in [4.78, 5) is 64.6. The number of ether oxygens (including phenoxy) is 6. The van der Waals surface area contributed by atoms with Gasteiger partial charge in [-0.05, 0) is 125 Å². The summed E-state index contributed by atoms with van der Waals surface area (Å²) in [6.07, 6.45) is 5.61. The predicted octanol–water partition coefficient (Wildman–Crippen LogP) is 3.55. The Bertz CT molecular complexity index is 1370. The van der Waals surface area contributed by atoms with E-state index in [9.17, 15) is 59.4 Å².